The normalized spacial score (nSPS) is 9.94. The van der Waals surface area contributed by atoms with Crippen molar-refractivity contribution < 1.29 is 23.4 Å². The highest BCUT2D eigenvalue weighted by molar-refractivity contribution is 7.80. The third-order valence-corrected chi connectivity index (χ3v) is 2.13. The fourth-order valence-electron chi connectivity index (χ4n) is 1.04. The Labute approximate surface area is 94.5 Å². The van der Waals surface area contributed by atoms with Gasteiger partial charge in [-0.2, -0.15) is 14.0 Å². The molecule has 0 radical (unpaired) electrons. The van der Waals surface area contributed by atoms with E-state index in [4.69, 9.17) is 10.4 Å². The van der Waals surface area contributed by atoms with Crippen LogP contribution in [-0.4, -0.2) is 17.7 Å². The molecular formula is C9H5F2NO3S. The average molecular weight is 245 g/mol. The van der Waals surface area contributed by atoms with Crippen molar-refractivity contribution in [3.63, 3.8) is 0 Å². The lowest BCUT2D eigenvalue weighted by atomic mass is 10.1. The highest BCUT2D eigenvalue weighted by atomic mass is 32.1. The molecule has 0 heterocycles. The summed E-state index contributed by atoms with van der Waals surface area (Å²) in [7, 11) is 0. The minimum Gasteiger partial charge on any atom is -0.478 e. The molecule has 0 aliphatic heterocycles. The highest BCUT2D eigenvalue weighted by Crippen LogP contribution is 2.31. The summed E-state index contributed by atoms with van der Waals surface area (Å²) in [6.45, 7) is -3.15. The highest BCUT2D eigenvalue weighted by Gasteiger charge is 2.19. The van der Waals surface area contributed by atoms with Crippen molar-refractivity contribution in [3.05, 3.63) is 23.3 Å². The van der Waals surface area contributed by atoms with Gasteiger partial charge in [0.15, 0.2) is 5.75 Å². The molecule has 0 fully saturated rings. The van der Waals surface area contributed by atoms with Crippen LogP contribution >= 0.6 is 12.6 Å². The number of rotatable bonds is 3. The molecule has 0 spiro atoms. The van der Waals surface area contributed by atoms with Gasteiger partial charge in [-0.25, -0.2) is 4.79 Å². The van der Waals surface area contributed by atoms with E-state index in [1.54, 1.807) is 6.07 Å². The van der Waals surface area contributed by atoms with E-state index in [0.717, 1.165) is 12.1 Å². The molecule has 0 unspecified atom stereocenters. The summed E-state index contributed by atoms with van der Waals surface area (Å²) >= 11 is 3.76. The zero-order chi connectivity index (χ0) is 12.3. The number of halogens is 2. The molecule has 0 atom stereocenters. The second kappa shape index (κ2) is 4.81. The Morgan fingerprint density at radius 2 is 2.19 bits per heavy atom. The summed E-state index contributed by atoms with van der Waals surface area (Å²) in [5.41, 5.74) is -0.506. The first-order valence-electron chi connectivity index (χ1n) is 3.91. The van der Waals surface area contributed by atoms with E-state index >= 15 is 0 Å². The minimum absolute atomic E-state index is 0.199. The van der Waals surface area contributed by atoms with Gasteiger partial charge in [0, 0.05) is 0 Å². The smallest absolute Gasteiger partial charge is 0.387 e. The van der Waals surface area contributed by atoms with Gasteiger partial charge in [0.05, 0.1) is 16.0 Å². The second-order valence-corrected chi connectivity index (χ2v) is 3.08. The first-order valence-corrected chi connectivity index (χ1v) is 4.36. The van der Waals surface area contributed by atoms with Crippen LogP contribution < -0.4 is 4.74 Å². The van der Waals surface area contributed by atoms with Crippen LogP contribution in [-0.2, 0) is 0 Å². The molecule has 0 saturated carbocycles. The van der Waals surface area contributed by atoms with Gasteiger partial charge < -0.3 is 9.84 Å². The van der Waals surface area contributed by atoms with Crippen molar-refractivity contribution in [1.29, 1.82) is 5.26 Å². The maximum atomic E-state index is 12.0. The summed E-state index contributed by atoms with van der Waals surface area (Å²) < 4.78 is 28.1. The molecule has 0 aromatic heterocycles. The first kappa shape index (κ1) is 12.3. The summed E-state index contributed by atoms with van der Waals surface area (Å²) in [6, 6.07) is 3.79. The van der Waals surface area contributed by atoms with Crippen molar-refractivity contribution in [3.8, 4) is 11.8 Å². The second-order valence-electron chi connectivity index (χ2n) is 2.63. The van der Waals surface area contributed by atoms with E-state index in [0.29, 0.717) is 0 Å². The van der Waals surface area contributed by atoms with Gasteiger partial charge >= 0.3 is 12.6 Å². The molecule has 0 amide bonds. The van der Waals surface area contributed by atoms with E-state index < -0.39 is 18.3 Å². The molecule has 0 aliphatic rings. The van der Waals surface area contributed by atoms with E-state index in [-0.39, 0.29) is 16.0 Å². The van der Waals surface area contributed by atoms with Gasteiger partial charge in [0.25, 0.3) is 0 Å². The molecule has 16 heavy (non-hydrogen) atoms. The van der Waals surface area contributed by atoms with E-state index in [1.165, 1.54) is 0 Å². The SMILES string of the molecule is N#Cc1ccc(C(=O)O)c(S)c1OC(F)F. The summed E-state index contributed by atoms with van der Waals surface area (Å²) in [5, 5.41) is 17.3. The molecule has 84 valence electrons. The molecule has 1 rings (SSSR count). The number of nitrogens with zero attached hydrogens (tertiary/aromatic N) is 1. The predicted molar refractivity (Wildman–Crippen MR) is 52.0 cm³/mol. The number of carboxylic acid groups (broad SMARTS) is 1. The number of aromatic carboxylic acids is 1. The molecule has 7 heteroatoms. The topological polar surface area (TPSA) is 70.3 Å². The van der Waals surface area contributed by atoms with E-state index in [9.17, 15) is 13.6 Å². The van der Waals surface area contributed by atoms with Gasteiger partial charge in [-0.3, -0.25) is 0 Å². The van der Waals surface area contributed by atoms with Crippen molar-refractivity contribution in [2.75, 3.05) is 0 Å². The molecule has 0 aliphatic carbocycles. The Morgan fingerprint density at radius 1 is 1.56 bits per heavy atom. The average Bonchev–Trinajstić information content (AvgIpc) is 2.19. The minimum atomic E-state index is -3.15. The molecule has 0 saturated heterocycles. The standard InChI is InChI=1S/C9H5F2NO3S/c10-9(11)15-6-4(3-12)1-2-5(7(6)16)8(13)14/h1-2,9,16H,(H,13,14). The number of thiol groups is 1. The van der Waals surface area contributed by atoms with Crippen molar-refractivity contribution in [1.82, 2.24) is 0 Å². The Kier molecular flexibility index (Phi) is 3.68. The van der Waals surface area contributed by atoms with Crippen LogP contribution in [0.2, 0.25) is 0 Å². The van der Waals surface area contributed by atoms with Crippen LogP contribution in [0.25, 0.3) is 0 Å². The Bertz CT molecular complexity index is 471. The first-order chi connectivity index (χ1) is 7.47. The van der Waals surface area contributed by atoms with Crippen LogP contribution in [0.3, 0.4) is 0 Å². The Balaban J connectivity index is 3.36. The monoisotopic (exact) mass is 245 g/mol. The van der Waals surface area contributed by atoms with Crippen LogP contribution in [0.4, 0.5) is 8.78 Å². The van der Waals surface area contributed by atoms with Gasteiger partial charge in [-0.1, -0.05) is 0 Å². The number of nitriles is 1. The zero-order valence-electron chi connectivity index (χ0n) is 7.65. The van der Waals surface area contributed by atoms with Crippen LogP contribution in [0.15, 0.2) is 17.0 Å². The molecule has 4 nitrogen and oxygen atoms in total. The summed E-state index contributed by atoms with van der Waals surface area (Å²) in [5.74, 6) is -1.87. The lowest BCUT2D eigenvalue weighted by molar-refractivity contribution is -0.0519. The quantitative estimate of drug-likeness (QED) is 0.800. The number of hydrogen-bond acceptors (Lipinski definition) is 4. The van der Waals surface area contributed by atoms with E-state index in [1.807, 2.05) is 0 Å². The lowest BCUT2D eigenvalue weighted by Gasteiger charge is -2.10. The number of carbonyl (C=O) groups is 1. The number of benzene rings is 1. The van der Waals surface area contributed by atoms with Crippen LogP contribution in [0, 0.1) is 11.3 Å². The molecule has 1 aromatic carbocycles. The summed E-state index contributed by atoms with van der Waals surface area (Å²) in [6.07, 6.45) is 0. The molecule has 0 bridgehead atoms. The lowest BCUT2D eigenvalue weighted by Crippen LogP contribution is -2.07. The molecular weight excluding hydrogens is 240 g/mol. The molecule has 1 N–H and O–H groups in total. The maximum Gasteiger partial charge on any atom is 0.387 e. The van der Waals surface area contributed by atoms with Crippen molar-refractivity contribution in [2.45, 2.75) is 11.5 Å². The number of ether oxygens (including phenoxy) is 1. The predicted octanol–water partition coefficient (Wildman–Crippen LogP) is 2.15. The molecule has 1 aromatic rings. The number of alkyl halides is 2. The van der Waals surface area contributed by atoms with Gasteiger partial charge in [-0.15, -0.1) is 12.6 Å². The van der Waals surface area contributed by atoms with Crippen molar-refractivity contribution in [2.24, 2.45) is 0 Å². The Morgan fingerprint density at radius 3 is 2.62 bits per heavy atom. The Hall–Kier alpha value is -1.81. The fraction of sp³-hybridized carbons (Fsp3) is 0.111. The largest absolute Gasteiger partial charge is 0.478 e. The van der Waals surface area contributed by atoms with Crippen molar-refractivity contribution >= 4 is 18.6 Å². The summed E-state index contributed by atoms with van der Waals surface area (Å²) in [4.78, 5) is 10.4. The van der Waals surface area contributed by atoms with Gasteiger partial charge in [0.1, 0.15) is 6.07 Å². The van der Waals surface area contributed by atoms with Gasteiger partial charge in [-0.05, 0) is 12.1 Å². The zero-order valence-corrected chi connectivity index (χ0v) is 8.54. The maximum absolute atomic E-state index is 12.0. The third kappa shape index (κ3) is 2.41. The van der Waals surface area contributed by atoms with Crippen LogP contribution in [0.1, 0.15) is 15.9 Å². The number of hydrogen-bond donors (Lipinski definition) is 2. The van der Waals surface area contributed by atoms with Crippen LogP contribution in [0.5, 0.6) is 5.75 Å². The van der Waals surface area contributed by atoms with Gasteiger partial charge in [0.2, 0.25) is 0 Å². The fourth-order valence-corrected chi connectivity index (χ4v) is 1.38. The van der Waals surface area contributed by atoms with E-state index in [2.05, 4.69) is 17.4 Å². The third-order valence-electron chi connectivity index (χ3n) is 1.69. The number of carboxylic acids is 1.